The third kappa shape index (κ3) is 7.13. The molecule has 1 aromatic heterocycles. The first-order chi connectivity index (χ1) is 16.8. The second kappa shape index (κ2) is 12.5. The third-order valence-corrected chi connectivity index (χ3v) is 6.40. The number of alkyl halides is 1. The van der Waals surface area contributed by atoms with Crippen molar-refractivity contribution in [2.75, 3.05) is 26.2 Å². The maximum absolute atomic E-state index is 13.6. The fourth-order valence-corrected chi connectivity index (χ4v) is 4.07. The van der Waals surface area contributed by atoms with Gasteiger partial charge in [-0.3, -0.25) is 19.4 Å². The van der Waals surface area contributed by atoms with Crippen molar-refractivity contribution in [3.05, 3.63) is 36.0 Å². The van der Waals surface area contributed by atoms with Gasteiger partial charge < -0.3 is 20.3 Å². The van der Waals surface area contributed by atoms with E-state index in [2.05, 4.69) is 15.6 Å². The van der Waals surface area contributed by atoms with Gasteiger partial charge in [-0.1, -0.05) is 13.8 Å². The Hall–Kier alpha value is -3.23. The van der Waals surface area contributed by atoms with Gasteiger partial charge in [0.15, 0.2) is 0 Å². The van der Waals surface area contributed by atoms with Crippen LogP contribution >= 0.6 is 0 Å². The number of aromatic nitrogens is 1. The van der Waals surface area contributed by atoms with Gasteiger partial charge in [-0.25, -0.2) is 4.39 Å². The lowest BCUT2D eigenvalue weighted by Crippen LogP contribution is -2.42. The summed E-state index contributed by atoms with van der Waals surface area (Å²) in [6.07, 6.45) is 3.25. The number of carbonyl (C=O) groups excluding carboxylic acids is 3. The van der Waals surface area contributed by atoms with E-state index in [1.54, 1.807) is 37.4 Å². The quantitative estimate of drug-likeness (QED) is 0.475. The van der Waals surface area contributed by atoms with Gasteiger partial charge in [-0.15, -0.1) is 0 Å². The Morgan fingerprint density at radius 3 is 2.74 bits per heavy atom. The molecular weight excluding hydrogens is 451 g/mol. The Morgan fingerprint density at radius 2 is 2.03 bits per heavy atom. The zero-order chi connectivity index (χ0) is 25.4. The highest BCUT2D eigenvalue weighted by atomic mass is 19.1. The van der Waals surface area contributed by atoms with Crippen LogP contribution in [0.1, 0.15) is 56.8 Å². The lowest BCUT2D eigenvalue weighted by molar-refractivity contribution is -0.130. The molecule has 1 aliphatic rings. The molecule has 2 N–H and O–H groups in total. The van der Waals surface area contributed by atoms with Crippen LogP contribution in [0.4, 0.5) is 4.39 Å². The highest BCUT2D eigenvalue weighted by Crippen LogP contribution is 2.23. The standard InChI is InChI=1S/C26H35FN4O4/c1-4-17(2)25(33)29-10-5-6-12-35-20-7-8-23-22(14-20)21(9-11-28-23)26(34)30-15-24(32)31-16-19(27)13-18(31)3/h7-9,11,14,17-19H,4-6,10,12-13,15-16H2,1-3H3,(H,29,33)(H,30,34). The zero-order valence-corrected chi connectivity index (χ0v) is 20.7. The molecule has 3 amide bonds. The molecule has 3 unspecified atom stereocenters. The van der Waals surface area contributed by atoms with Gasteiger partial charge in [0.25, 0.3) is 5.91 Å². The molecule has 0 saturated carbocycles. The highest BCUT2D eigenvalue weighted by molar-refractivity contribution is 6.07. The number of unbranched alkanes of at least 4 members (excludes halogenated alkanes) is 1. The number of fused-ring (bicyclic) bond motifs is 1. The van der Waals surface area contributed by atoms with Crippen molar-refractivity contribution in [1.82, 2.24) is 20.5 Å². The first kappa shape index (κ1) is 26.4. The lowest BCUT2D eigenvalue weighted by atomic mass is 10.1. The molecular formula is C26H35FN4O4. The van der Waals surface area contributed by atoms with E-state index in [4.69, 9.17) is 4.74 Å². The molecule has 8 nitrogen and oxygen atoms in total. The number of nitrogens with one attached hydrogen (secondary N) is 2. The molecule has 2 heterocycles. The normalized spacial score (nSPS) is 18.3. The summed E-state index contributed by atoms with van der Waals surface area (Å²) in [7, 11) is 0. The van der Waals surface area contributed by atoms with Crippen LogP contribution < -0.4 is 15.4 Å². The average molecular weight is 487 g/mol. The van der Waals surface area contributed by atoms with Crippen LogP contribution in [0.25, 0.3) is 10.9 Å². The summed E-state index contributed by atoms with van der Waals surface area (Å²) in [5.74, 6) is 0.00854. The van der Waals surface area contributed by atoms with Crippen molar-refractivity contribution in [3.8, 4) is 5.75 Å². The molecule has 3 atom stereocenters. The summed E-state index contributed by atoms with van der Waals surface area (Å²) < 4.78 is 19.4. The molecule has 1 aromatic carbocycles. The van der Waals surface area contributed by atoms with Gasteiger partial charge in [0, 0.05) is 36.5 Å². The first-order valence-corrected chi connectivity index (χ1v) is 12.3. The topological polar surface area (TPSA) is 101 Å². The summed E-state index contributed by atoms with van der Waals surface area (Å²) in [6, 6.07) is 6.77. The summed E-state index contributed by atoms with van der Waals surface area (Å²) in [5.41, 5.74) is 1.02. The molecule has 35 heavy (non-hydrogen) atoms. The van der Waals surface area contributed by atoms with Crippen LogP contribution in [0.5, 0.6) is 5.75 Å². The van der Waals surface area contributed by atoms with E-state index in [1.165, 1.54) is 4.90 Å². The number of hydrogen-bond donors (Lipinski definition) is 2. The van der Waals surface area contributed by atoms with E-state index in [0.717, 1.165) is 19.3 Å². The summed E-state index contributed by atoms with van der Waals surface area (Å²) in [6.45, 7) is 6.67. The van der Waals surface area contributed by atoms with E-state index < -0.39 is 12.1 Å². The Bertz CT molecular complexity index is 1050. The largest absolute Gasteiger partial charge is 0.494 e. The number of ether oxygens (including phenoxy) is 1. The van der Waals surface area contributed by atoms with E-state index in [9.17, 15) is 18.8 Å². The highest BCUT2D eigenvalue weighted by Gasteiger charge is 2.32. The number of pyridine rings is 1. The summed E-state index contributed by atoms with van der Waals surface area (Å²) in [4.78, 5) is 42.8. The molecule has 0 aliphatic carbocycles. The van der Waals surface area contributed by atoms with Gasteiger partial charge in [0.05, 0.1) is 30.8 Å². The first-order valence-electron chi connectivity index (χ1n) is 12.3. The number of halogens is 1. The fourth-order valence-electron chi connectivity index (χ4n) is 4.07. The van der Waals surface area contributed by atoms with Gasteiger partial charge in [-0.05, 0) is 50.5 Å². The minimum Gasteiger partial charge on any atom is -0.494 e. The number of benzene rings is 1. The molecule has 0 radical (unpaired) electrons. The third-order valence-electron chi connectivity index (χ3n) is 6.40. The maximum atomic E-state index is 13.6. The Morgan fingerprint density at radius 1 is 1.23 bits per heavy atom. The number of rotatable bonds is 11. The van der Waals surface area contributed by atoms with Crippen molar-refractivity contribution < 1.29 is 23.5 Å². The second-order valence-corrected chi connectivity index (χ2v) is 9.10. The number of carbonyl (C=O) groups is 3. The van der Waals surface area contributed by atoms with Crippen molar-refractivity contribution in [2.45, 2.75) is 58.7 Å². The monoisotopic (exact) mass is 486 g/mol. The molecule has 1 saturated heterocycles. The molecule has 2 aromatic rings. The van der Waals surface area contributed by atoms with Gasteiger partial charge >= 0.3 is 0 Å². The molecule has 1 fully saturated rings. The maximum Gasteiger partial charge on any atom is 0.252 e. The van der Waals surface area contributed by atoms with E-state index in [0.29, 0.717) is 41.8 Å². The molecule has 0 bridgehead atoms. The van der Waals surface area contributed by atoms with Crippen LogP contribution in [-0.2, 0) is 9.59 Å². The molecule has 0 spiro atoms. The van der Waals surface area contributed by atoms with Gasteiger partial charge in [0.2, 0.25) is 11.8 Å². The second-order valence-electron chi connectivity index (χ2n) is 9.10. The van der Waals surface area contributed by atoms with Gasteiger partial charge in [-0.2, -0.15) is 0 Å². The van der Waals surface area contributed by atoms with Crippen molar-refractivity contribution in [1.29, 1.82) is 0 Å². The summed E-state index contributed by atoms with van der Waals surface area (Å²) in [5, 5.41) is 6.20. The minimum absolute atomic E-state index is 0.0215. The van der Waals surface area contributed by atoms with Crippen molar-refractivity contribution in [2.24, 2.45) is 5.92 Å². The Balaban J connectivity index is 1.53. The van der Waals surface area contributed by atoms with Crippen molar-refractivity contribution >= 4 is 28.6 Å². The van der Waals surface area contributed by atoms with Crippen LogP contribution in [0.3, 0.4) is 0 Å². The fraction of sp³-hybridized carbons (Fsp3) is 0.538. The minimum atomic E-state index is -1.02. The predicted molar refractivity (Wildman–Crippen MR) is 132 cm³/mol. The Kier molecular flexibility index (Phi) is 9.39. The number of likely N-dealkylation sites (tertiary alicyclic amines) is 1. The smallest absolute Gasteiger partial charge is 0.252 e. The number of amides is 3. The number of hydrogen-bond acceptors (Lipinski definition) is 5. The zero-order valence-electron chi connectivity index (χ0n) is 20.7. The van der Waals surface area contributed by atoms with Gasteiger partial charge in [0.1, 0.15) is 11.9 Å². The predicted octanol–water partition coefficient (Wildman–Crippen LogP) is 3.24. The molecule has 3 rings (SSSR count). The molecule has 190 valence electrons. The lowest BCUT2D eigenvalue weighted by Gasteiger charge is -2.21. The van der Waals surface area contributed by atoms with E-state index >= 15 is 0 Å². The van der Waals surface area contributed by atoms with Crippen LogP contribution in [0.15, 0.2) is 30.5 Å². The number of nitrogens with zero attached hydrogens (tertiary/aromatic N) is 2. The van der Waals surface area contributed by atoms with E-state index in [1.807, 2.05) is 13.8 Å². The Labute approximate surface area is 205 Å². The van der Waals surface area contributed by atoms with E-state index in [-0.39, 0.29) is 36.9 Å². The van der Waals surface area contributed by atoms with Crippen molar-refractivity contribution in [3.63, 3.8) is 0 Å². The van der Waals surface area contributed by atoms with Crippen LogP contribution in [0, 0.1) is 5.92 Å². The SMILES string of the molecule is CCC(C)C(=O)NCCCCOc1ccc2nccc(C(=O)NCC(=O)N3CC(F)CC3C)c2c1. The molecule has 1 aliphatic heterocycles. The molecule has 9 heteroatoms. The van der Waals surface area contributed by atoms with Crippen LogP contribution in [-0.4, -0.2) is 66.1 Å². The average Bonchev–Trinajstić information content (AvgIpc) is 3.20. The van der Waals surface area contributed by atoms with Crippen LogP contribution in [0.2, 0.25) is 0 Å². The summed E-state index contributed by atoms with van der Waals surface area (Å²) >= 11 is 0.